The fraction of sp³-hybridized carbons (Fsp3) is 0.200. The number of nitrogens with two attached hydrogens (primary N) is 1. The Labute approximate surface area is 120 Å². The molecule has 2 N–H and O–H groups in total. The number of rotatable bonds is 2. The Morgan fingerprint density at radius 1 is 1.10 bits per heavy atom. The third kappa shape index (κ3) is 3.25. The van der Waals surface area contributed by atoms with Gasteiger partial charge in [-0.2, -0.15) is 13.2 Å². The average molecular weight is 300 g/mol. The lowest BCUT2D eigenvalue weighted by Crippen LogP contribution is -2.04. The van der Waals surface area contributed by atoms with Crippen LogP contribution in [0.4, 0.5) is 18.9 Å². The summed E-state index contributed by atoms with van der Waals surface area (Å²) in [6.07, 6.45) is -3.87. The summed E-state index contributed by atoms with van der Waals surface area (Å²) in [7, 11) is 0. The molecule has 106 valence electrons. The molecular weight excluding hydrogens is 287 g/mol. The van der Waals surface area contributed by atoms with E-state index in [1.165, 1.54) is 12.1 Å². The number of nitrogen functional groups attached to an aromatic ring is 1. The number of halogens is 4. The van der Waals surface area contributed by atoms with E-state index in [1.807, 2.05) is 13.0 Å². The van der Waals surface area contributed by atoms with Gasteiger partial charge in [0.05, 0.1) is 16.3 Å². The Balaban J connectivity index is 2.27. The molecule has 0 aliphatic rings. The first-order chi connectivity index (χ1) is 9.27. The van der Waals surface area contributed by atoms with Crippen LogP contribution >= 0.6 is 11.6 Å². The van der Waals surface area contributed by atoms with Gasteiger partial charge in [0.1, 0.15) is 0 Å². The highest BCUT2D eigenvalue weighted by Crippen LogP contribution is 2.31. The zero-order chi connectivity index (χ0) is 14.9. The number of anilines is 1. The molecule has 20 heavy (non-hydrogen) atoms. The van der Waals surface area contributed by atoms with Gasteiger partial charge in [0.2, 0.25) is 0 Å². The van der Waals surface area contributed by atoms with Gasteiger partial charge in [0, 0.05) is 0 Å². The van der Waals surface area contributed by atoms with Crippen molar-refractivity contribution >= 4 is 17.3 Å². The van der Waals surface area contributed by atoms with Crippen molar-refractivity contribution in [1.29, 1.82) is 0 Å². The maximum Gasteiger partial charge on any atom is 0.416 e. The zero-order valence-corrected chi connectivity index (χ0v) is 11.5. The summed E-state index contributed by atoms with van der Waals surface area (Å²) in [5, 5.41) is 0.454. The van der Waals surface area contributed by atoms with Crippen LogP contribution in [0.25, 0.3) is 0 Å². The minimum absolute atomic E-state index is 0.447. The van der Waals surface area contributed by atoms with Gasteiger partial charge in [-0.3, -0.25) is 0 Å². The molecule has 0 aromatic heterocycles. The molecule has 0 amide bonds. The minimum Gasteiger partial charge on any atom is -0.398 e. The molecule has 0 saturated carbocycles. The predicted molar refractivity (Wildman–Crippen MR) is 74.9 cm³/mol. The van der Waals surface area contributed by atoms with Crippen LogP contribution in [0.2, 0.25) is 5.02 Å². The van der Waals surface area contributed by atoms with Gasteiger partial charge in [-0.1, -0.05) is 29.8 Å². The molecule has 0 atom stereocenters. The summed E-state index contributed by atoms with van der Waals surface area (Å²) in [6.45, 7) is 1.89. The third-order valence-electron chi connectivity index (χ3n) is 3.00. The second kappa shape index (κ2) is 5.37. The maximum absolute atomic E-state index is 12.5. The Hall–Kier alpha value is -1.68. The van der Waals surface area contributed by atoms with E-state index in [9.17, 15) is 13.2 Å². The molecular formula is C15H13ClF3N. The first-order valence-corrected chi connectivity index (χ1v) is 6.36. The summed E-state index contributed by atoms with van der Waals surface area (Å²) in [6, 6.07) is 8.70. The van der Waals surface area contributed by atoms with Crippen LogP contribution in [-0.4, -0.2) is 0 Å². The Morgan fingerprint density at radius 2 is 1.70 bits per heavy atom. The first kappa shape index (κ1) is 14.7. The molecule has 0 unspecified atom stereocenters. The topological polar surface area (TPSA) is 26.0 Å². The van der Waals surface area contributed by atoms with Crippen LogP contribution in [0.3, 0.4) is 0 Å². The van der Waals surface area contributed by atoms with Crippen molar-refractivity contribution < 1.29 is 13.2 Å². The van der Waals surface area contributed by atoms with E-state index in [0.29, 0.717) is 17.1 Å². The molecule has 0 spiro atoms. The highest BCUT2D eigenvalue weighted by atomic mass is 35.5. The average Bonchev–Trinajstić information content (AvgIpc) is 2.35. The number of aryl methyl sites for hydroxylation is 1. The number of hydrogen-bond acceptors (Lipinski definition) is 1. The van der Waals surface area contributed by atoms with E-state index >= 15 is 0 Å². The molecule has 2 aromatic rings. The minimum atomic E-state index is -4.32. The van der Waals surface area contributed by atoms with Gasteiger partial charge in [0.15, 0.2) is 0 Å². The monoisotopic (exact) mass is 299 g/mol. The largest absolute Gasteiger partial charge is 0.416 e. The third-order valence-corrected chi connectivity index (χ3v) is 3.46. The fourth-order valence-electron chi connectivity index (χ4n) is 2.03. The van der Waals surface area contributed by atoms with Gasteiger partial charge < -0.3 is 5.73 Å². The van der Waals surface area contributed by atoms with E-state index < -0.39 is 11.7 Å². The van der Waals surface area contributed by atoms with E-state index in [2.05, 4.69) is 0 Å². The van der Waals surface area contributed by atoms with E-state index in [1.54, 1.807) is 6.07 Å². The van der Waals surface area contributed by atoms with Crippen molar-refractivity contribution in [1.82, 2.24) is 0 Å². The van der Waals surface area contributed by atoms with Crippen LogP contribution in [0.1, 0.15) is 22.3 Å². The molecule has 1 nitrogen and oxygen atoms in total. The molecule has 2 rings (SSSR count). The number of alkyl halides is 3. The maximum atomic E-state index is 12.5. The highest BCUT2D eigenvalue weighted by Gasteiger charge is 2.29. The van der Waals surface area contributed by atoms with Crippen molar-refractivity contribution in [2.24, 2.45) is 0 Å². The highest BCUT2D eigenvalue weighted by molar-refractivity contribution is 6.33. The van der Waals surface area contributed by atoms with Crippen molar-refractivity contribution in [2.45, 2.75) is 19.5 Å². The zero-order valence-electron chi connectivity index (χ0n) is 10.8. The molecule has 0 bridgehead atoms. The second-order valence-corrected chi connectivity index (χ2v) is 5.08. The normalized spacial score (nSPS) is 11.7. The van der Waals surface area contributed by atoms with Crippen LogP contribution in [0.5, 0.6) is 0 Å². The van der Waals surface area contributed by atoms with Gasteiger partial charge in [0.25, 0.3) is 0 Å². The van der Waals surface area contributed by atoms with Crippen LogP contribution < -0.4 is 5.73 Å². The number of benzene rings is 2. The molecule has 0 heterocycles. The second-order valence-electron chi connectivity index (χ2n) is 4.70. The van der Waals surface area contributed by atoms with Crippen LogP contribution in [0.15, 0.2) is 36.4 Å². The van der Waals surface area contributed by atoms with E-state index in [0.717, 1.165) is 28.8 Å². The van der Waals surface area contributed by atoms with Gasteiger partial charge in [-0.05, 0) is 48.2 Å². The van der Waals surface area contributed by atoms with Crippen LogP contribution in [-0.2, 0) is 12.6 Å². The van der Waals surface area contributed by atoms with Crippen molar-refractivity contribution in [3.8, 4) is 0 Å². The quantitative estimate of drug-likeness (QED) is 0.789. The SMILES string of the molecule is Cc1cc(N)c(Cl)c(Cc2ccc(C(F)(F)F)cc2)c1. The molecule has 0 aliphatic carbocycles. The van der Waals surface area contributed by atoms with Gasteiger partial charge >= 0.3 is 6.18 Å². The standard InChI is InChI=1S/C15H13ClF3N/c1-9-6-11(14(16)13(20)7-9)8-10-2-4-12(5-3-10)15(17,18)19/h2-7H,8,20H2,1H3. The summed E-state index contributed by atoms with van der Waals surface area (Å²) < 4.78 is 37.4. The molecule has 0 aliphatic heterocycles. The molecule has 2 aromatic carbocycles. The predicted octanol–water partition coefficient (Wildman–Crippen LogP) is 4.84. The van der Waals surface area contributed by atoms with Crippen molar-refractivity contribution in [2.75, 3.05) is 5.73 Å². The van der Waals surface area contributed by atoms with Crippen molar-refractivity contribution in [3.05, 3.63) is 63.7 Å². The lowest BCUT2D eigenvalue weighted by atomic mass is 10.0. The Kier molecular flexibility index (Phi) is 3.95. The fourth-order valence-corrected chi connectivity index (χ4v) is 2.21. The number of hydrogen-bond donors (Lipinski definition) is 1. The Morgan fingerprint density at radius 3 is 2.25 bits per heavy atom. The van der Waals surface area contributed by atoms with Gasteiger partial charge in [-0.15, -0.1) is 0 Å². The smallest absolute Gasteiger partial charge is 0.398 e. The van der Waals surface area contributed by atoms with Gasteiger partial charge in [-0.25, -0.2) is 0 Å². The van der Waals surface area contributed by atoms with E-state index in [-0.39, 0.29) is 0 Å². The molecule has 0 fully saturated rings. The first-order valence-electron chi connectivity index (χ1n) is 5.98. The van der Waals surface area contributed by atoms with Crippen LogP contribution in [0, 0.1) is 6.92 Å². The summed E-state index contributed by atoms with van der Waals surface area (Å²) in [5.41, 5.74) is 8.13. The lowest BCUT2D eigenvalue weighted by molar-refractivity contribution is -0.137. The molecule has 0 saturated heterocycles. The molecule has 0 radical (unpaired) electrons. The lowest BCUT2D eigenvalue weighted by Gasteiger charge is -2.10. The summed E-state index contributed by atoms with van der Waals surface area (Å²) in [5.74, 6) is 0. The molecule has 5 heteroatoms. The summed E-state index contributed by atoms with van der Waals surface area (Å²) >= 11 is 6.11. The summed E-state index contributed by atoms with van der Waals surface area (Å²) in [4.78, 5) is 0. The van der Waals surface area contributed by atoms with E-state index in [4.69, 9.17) is 17.3 Å². The Bertz CT molecular complexity index is 618. The van der Waals surface area contributed by atoms with Crippen molar-refractivity contribution in [3.63, 3.8) is 0 Å².